The number of hydrogen-bond donors (Lipinski definition) is 1. The molecular weight excluding hydrogens is 242 g/mol. The zero-order chi connectivity index (χ0) is 13.1. The molecule has 0 amide bonds. The van der Waals surface area contributed by atoms with E-state index in [1.165, 1.54) is 28.5 Å². The summed E-state index contributed by atoms with van der Waals surface area (Å²) in [6, 6.07) is 0.748. The van der Waals surface area contributed by atoms with Crippen LogP contribution in [0, 0.1) is 5.92 Å². The lowest BCUT2D eigenvalue weighted by Crippen LogP contribution is -2.19. The van der Waals surface area contributed by atoms with E-state index in [0.29, 0.717) is 5.92 Å². The lowest BCUT2D eigenvalue weighted by molar-refractivity contribution is 0.553. The molecule has 1 aliphatic rings. The molecule has 1 aliphatic carbocycles. The number of rotatable bonds is 7. The summed E-state index contributed by atoms with van der Waals surface area (Å²) in [5.41, 5.74) is 1.28. The summed E-state index contributed by atoms with van der Waals surface area (Å²) in [5.74, 6) is 0.705. The van der Waals surface area contributed by atoms with Gasteiger partial charge in [0.1, 0.15) is 0 Å². The Bertz CT molecular complexity index is 382. The number of hydrogen-bond acceptors (Lipinski definition) is 4. The Balaban J connectivity index is 1.99. The minimum absolute atomic E-state index is 0.705. The number of thiazole rings is 1. The summed E-state index contributed by atoms with van der Waals surface area (Å²) in [7, 11) is 2.18. The van der Waals surface area contributed by atoms with Gasteiger partial charge in [0.2, 0.25) is 0 Å². The lowest BCUT2D eigenvalue weighted by atomic mass is 10.2. The minimum atomic E-state index is 0.705. The fourth-order valence-corrected chi connectivity index (χ4v) is 3.18. The Labute approximate surface area is 115 Å². The summed E-state index contributed by atoms with van der Waals surface area (Å²) in [6.45, 7) is 8.73. The van der Waals surface area contributed by atoms with E-state index in [0.717, 1.165) is 25.6 Å². The van der Waals surface area contributed by atoms with E-state index in [1.807, 2.05) is 11.3 Å². The van der Waals surface area contributed by atoms with Crippen molar-refractivity contribution in [2.45, 2.75) is 52.6 Å². The summed E-state index contributed by atoms with van der Waals surface area (Å²) >= 11 is 1.86. The van der Waals surface area contributed by atoms with Crippen molar-refractivity contribution < 1.29 is 0 Å². The molecule has 0 aliphatic heterocycles. The van der Waals surface area contributed by atoms with Gasteiger partial charge in [-0.25, -0.2) is 4.98 Å². The molecule has 1 fully saturated rings. The maximum atomic E-state index is 4.79. The Hall–Kier alpha value is -0.610. The molecule has 2 rings (SSSR count). The van der Waals surface area contributed by atoms with Gasteiger partial charge in [0.05, 0.1) is 5.69 Å². The molecule has 0 aromatic carbocycles. The summed E-state index contributed by atoms with van der Waals surface area (Å²) in [6.07, 6.45) is 3.70. The quantitative estimate of drug-likeness (QED) is 0.823. The van der Waals surface area contributed by atoms with Crippen LogP contribution in [0.2, 0.25) is 0 Å². The van der Waals surface area contributed by atoms with E-state index >= 15 is 0 Å². The molecule has 1 saturated carbocycles. The van der Waals surface area contributed by atoms with Crippen molar-refractivity contribution in [3.05, 3.63) is 10.6 Å². The van der Waals surface area contributed by atoms with Gasteiger partial charge in [0.15, 0.2) is 5.13 Å². The fourth-order valence-electron chi connectivity index (χ4n) is 2.03. The van der Waals surface area contributed by atoms with Crippen molar-refractivity contribution in [3.8, 4) is 0 Å². The van der Waals surface area contributed by atoms with Crippen LogP contribution in [-0.2, 0) is 13.0 Å². The average Bonchev–Trinajstić information content (AvgIpc) is 3.09. The number of anilines is 1. The third-order valence-electron chi connectivity index (χ3n) is 3.34. The third-order valence-corrected chi connectivity index (χ3v) is 4.52. The molecule has 3 nitrogen and oxygen atoms in total. The van der Waals surface area contributed by atoms with Gasteiger partial charge < -0.3 is 10.2 Å². The number of nitrogens with one attached hydrogen (secondary N) is 1. The Kier molecular flexibility index (Phi) is 4.62. The molecule has 4 heteroatoms. The second-order valence-electron chi connectivity index (χ2n) is 5.59. The van der Waals surface area contributed by atoms with E-state index in [2.05, 4.69) is 38.0 Å². The second-order valence-corrected chi connectivity index (χ2v) is 6.65. The largest absolute Gasteiger partial charge is 0.348 e. The maximum Gasteiger partial charge on any atom is 0.185 e. The highest BCUT2D eigenvalue weighted by Gasteiger charge is 2.28. The molecular formula is C14H25N3S. The van der Waals surface area contributed by atoms with Gasteiger partial charge in [-0.2, -0.15) is 0 Å². The lowest BCUT2D eigenvalue weighted by Gasteiger charge is -2.13. The van der Waals surface area contributed by atoms with Crippen LogP contribution in [0.5, 0.6) is 0 Å². The van der Waals surface area contributed by atoms with Crippen LogP contribution in [0.3, 0.4) is 0 Å². The van der Waals surface area contributed by atoms with E-state index < -0.39 is 0 Å². The van der Waals surface area contributed by atoms with E-state index in [4.69, 9.17) is 4.98 Å². The van der Waals surface area contributed by atoms with Crippen LogP contribution in [0.15, 0.2) is 0 Å². The van der Waals surface area contributed by atoms with Crippen LogP contribution in [-0.4, -0.2) is 24.6 Å². The highest BCUT2D eigenvalue weighted by atomic mass is 32.1. The van der Waals surface area contributed by atoms with Crippen molar-refractivity contribution in [3.63, 3.8) is 0 Å². The van der Waals surface area contributed by atoms with Crippen LogP contribution < -0.4 is 10.2 Å². The molecule has 1 aromatic heterocycles. The Morgan fingerprint density at radius 2 is 2.17 bits per heavy atom. The van der Waals surface area contributed by atoms with Crippen LogP contribution in [0.25, 0.3) is 0 Å². The standard InChI is InChI=1S/C14H25N3S/c1-5-12-13(9-15-8-10(2)3)18-14(16-12)17(4)11-6-7-11/h10-11,15H,5-9H2,1-4H3. The van der Waals surface area contributed by atoms with Gasteiger partial charge in [-0.3, -0.25) is 0 Å². The molecule has 0 spiro atoms. The van der Waals surface area contributed by atoms with Gasteiger partial charge in [0, 0.05) is 24.5 Å². The first-order chi connectivity index (χ1) is 8.61. The third kappa shape index (κ3) is 3.45. The van der Waals surface area contributed by atoms with Crippen molar-refractivity contribution >= 4 is 16.5 Å². The SMILES string of the molecule is CCc1nc(N(C)C2CC2)sc1CNCC(C)C. The van der Waals surface area contributed by atoms with Gasteiger partial charge >= 0.3 is 0 Å². The van der Waals surface area contributed by atoms with Crippen LogP contribution in [0.4, 0.5) is 5.13 Å². The zero-order valence-corrected chi connectivity index (χ0v) is 12.8. The number of aryl methyl sites for hydroxylation is 1. The van der Waals surface area contributed by atoms with Crippen molar-refractivity contribution in [2.24, 2.45) is 5.92 Å². The number of nitrogens with zero attached hydrogens (tertiary/aromatic N) is 2. The highest BCUT2D eigenvalue weighted by molar-refractivity contribution is 7.15. The van der Waals surface area contributed by atoms with Crippen molar-refractivity contribution in [1.29, 1.82) is 0 Å². The first-order valence-electron chi connectivity index (χ1n) is 7.04. The predicted octanol–water partition coefficient (Wildman–Crippen LogP) is 3.05. The molecule has 102 valence electrons. The molecule has 0 bridgehead atoms. The molecule has 1 aromatic rings. The van der Waals surface area contributed by atoms with Gasteiger partial charge in [-0.05, 0) is 31.7 Å². The molecule has 0 unspecified atom stereocenters. The Morgan fingerprint density at radius 1 is 1.44 bits per heavy atom. The highest BCUT2D eigenvalue weighted by Crippen LogP contribution is 2.34. The first kappa shape index (κ1) is 13.8. The normalized spacial score (nSPS) is 15.4. The molecule has 18 heavy (non-hydrogen) atoms. The topological polar surface area (TPSA) is 28.2 Å². The fraction of sp³-hybridized carbons (Fsp3) is 0.786. The average molecular weight is 267 g/mol. The smallest absolute Gasteiger partial charge is 0.185 e. The molecule has 1 N–H and O–H groups in total. The molecule has 0 saturated heterocycles. The monoisotopic (exact) mass is 267 g/mol. The first-order valence-corrected chi connectivity index (χ1v) is 7.85. The molecule has 1 heterocycles. The van der Waals surface area contributed by atoms with E-state index in [-0.39, 0.29) is 0 Å². The van der Waals surface area contributed by atoms with Gasteiger partial charge in [0.25, 0.3) is 0 Å². The van der Waals surface area contributed by atoms with E-state index in [9.17, 15) is 0 Å². The van der Waals surface area contributed by atoms with Gasteiger partial charge in [-0.15, -0.1) is 11.3 Å². The molecule has 0 radical (unpaired) electrons. The second kappa shape index (κ2) is 6.02. The van der Waals surface area contributed by atoms with Crippen molar-refractivity contribution in [1.82, 2.24) is 10.3 Å². The zero-order valence-electron chi connectivity index (χ0n) is 12.0. The summed E-state index contributed by atoms with van der Waals surface area (Å²) in [4.78, 5) is 8.57. The van der Waals surface area contributed by atoms with Crippen molar-refractivity contribution in [2.75, 3.05) is 18.5 Å². The summed E-state index contributed by atoms with van der Waals surface area (Å²) in [5, 5.41) is 4.73. The van der Waals surface area contributed by atoms with Crippen LogP contribution in [0.1, 0.15) is 44.2 Å². The molecule has 0 atom stereocenters. The Morgan fingerprint density at radius 3 is 2.72 bits per heavy atom. The minimum Gasteiger partial charge on any atom is -0.348 e. The number of aromatic nitrogens is 1. The predicted molar refractivity (Wildman–Crippen MR) is 79.5 cm³/mol. The van der Waals surface area contributed by atoms with E-state index in [1.54, 1.807) is 0 Å². The van der Waals surface area contributed by atoms with Crippen LogP contribution >= 0.6 is 11.3 Å². The summed E-state index contributed by atoms with van der Waals surface area (Å²) < 4.78 is 0. The van der Waals surface area contributed by atoms with Gasteiger partial charge in [-0.1, -0.05) is 20.8 Å². The maximum absolute atomic E-state index is 4.79.